The molecule has 1 atom stereocenters. The van der Waals surface area contributed by atoms with Crippen LogP contribution < -0.4 is 10.0 Å². The third kappa shape index (κ3) is 2.71. The lowest BCUT2D eigenvalue weighted by Crippen LogP contribution is -2.52. The Morgan fingerprint density at radius 2 is 2.18 bits per heavy atom. The van der Waals surface area contributed by atoms with E-state index in [0.29, 0.717) is 0 Å². The van der Waals surface area contributed by atoms with Crippen molar-refractivity contribution in [3.63, 3.8) is 0 Å². The molecule has 2 amide bonds. The lowest BCUT2D eigenvalue weighted by Gasteiger charge is -2.21. The number of sulfonamides is 1. The van der Waals surface area contributed by atoms with E-state index in [4.69, 9.17) is 0 Å². The maximum Gasteiger partial charge on any atom is 0.244 e. The molecule has 8 heteroatoms. The highest BCUT2D eigenvalue weighted by Crippen LogP contribution is 2.15. The van der Waals surface area contributed by atoms with Crippen molar-refractivity contribution in [2.45, 2.75) is 23.8 Å². The molecule has 0 aromatic carbocycles. The molecule has 1 unspecified atom stereocenters. The Kier molecular flexibility index (Phi) is 3.27. The Morgan fingerprint density at radius 1 is 1.41 bits per heavy atom. The topological polar surface area (TPSA) is 92.3 Å². The van der Waals surface area contributed by atoms with Crippen LogP contribution in [0.4, 0.5) is 0 Å². The zero-order chi connectivity index (χ0) is 12.5. The fourth-order valence-corrected chi connectivity index (χ4v) is 3.72. The van der Waals surface area contributed by atoms with Crippen molar-refractivity contribution in [3.05, 3.63) is 16.8 Å². The number of carbonyl (C=O) groups excluding carboxylic acids is 2. The minimum atomic E-state index is -3.68. The second-order valence-electron chi connectivity index (χ2n) is 3.58. The van der Waals surface area contributed by atoms with Gasteiger partial charge in [-0.15, -0.1) is 0 Å². The van der Waals surface area contributed by atoms with E-state index in [1.807, 2.05) is 0 Å². The molecule has 1 fully saturated rings. The van der Waals surface area contributed by atoms with E-state index in [2.05, 4.69) is 10.0 Å². The van der Waals surface area contributed by atoms with Crippen molar-refractivity contribution in [2.24, 2.45) is 0 Å². The van der Waals surface area contributed by atoms with Crippen LogP contribution in [0, 0.1) is 0 Å². The summed E-state index contributed by atoms with van der Waals surface area (Å²) in [6.07, 6.45) is 0.330. The van der Waals surface area contributed by atoms with E-state index < -0.39 is 22.0 Å². The molecule has 17 heavy (non-hydrogen) atoms. The Balaban J connectivity index is 2.12. The fourth-order valence-electron chi connectivity index (χ4n) is 1.47. The van der Waals surface area contributed by atoms with Crippen LogP contribution in [0.25, 0.3) is 0 Å². The van der Waals surface area contributed by atoms with Gasteiger partial charge < -0.3 is 0 Å². The molecule has 1 aromatic heterocycles. The minimum Gasteiger partial charge on any atom is -0.295 e. The van der Waals surface area contributed by atoms with Gasteiger partial charge in [0.25, 0.3) is 0 Å². The van der Waals surface area contributed by atoms with Gasteiger partial charge in [-0.3, -0.25) is 14.9 Å². The summed E-state index contributed by atoms with van der Waals surface area (Å²) >= 11 is 1.26. The summed E-state index contributed by atoms with van der Waals surface area (Å²) in [5.74, 6) is -0.971. The summed E-state index contributed by atoms with van der Waals surface area (Å²) < 4.78 is 25.9. The monoisotopic (exact) mass is 274 g/mol. The number of hydrogen-bond acceptors (Lipinski definition) is 5. The molecule has 2 heterocycles. The van der Waals surface area contributed by atoms with Crippen molar-refractivity contribution in [1.29, 1.82) is 0 Å². The van der Waals surface area contributed by atoms with Gasteiger partial charge in [-0.2, -0.15) is 16.1 Å². The number of thiophene rings is 1. The summed E-state index contributed by atoms with van der Waals surface area (Å²) in [5.41, 5.74) is 0. The van der Waals surface area contributed by atoms with E-state index >= 15 is 0 Å². The second kappa shape index (κ2) is 4.55. The van der Waals surface area contributed by atoms with Crippen LogP contribution in [0.2, 0.25) is 0 Å². The molecule has 0 bridgehead atoms. The molecular weight excluding hydrogens is 264 g/mol. The van der Waals surface area contributed by atoms with E-state index in [0.717, 1.165) is 0 Å². The smallest absolute Gasteiger partial charge is 0.244 e. The molecule has 0 spiro atoms. The third-order valence-corrected chi connectivity index (χ3v) is 4.64. The molecule has 1 aliphatic rings. The minimum absolute atomic E-state index is 0.132. The van der Waals surface area contributed by atoms with Crippen molar-refractivity contribution < 1.29 is 18.0 Å². The first-order chi connectivity index (χ1) is 7.99. The van der Waals surface area contributed by atoms with Crippen molar-refractivity contribution in [3.8, 4) is 0 Å². The molecular formula is C9H10N2O4S2. The molecule has 2 N–H and O–H groups in total. The quantitative estimate of drug-likeness (QED) is 0.749. The largest absolute Gasteiger partial charge is 0.295 e. The van der Waals surface area contributed by atoms with Crippen LogP contribution >= 0.6 is 11.3 Å². The van der Waals surface area contributed by atoms with E-state index in [1.54, 1.807) is 5.38 Å². The third-order valence-electron chi connectivity index (χ3n) is 2.34. The van der Waals surface area contributed by atoms with Crippen LogP contribution in [-0.2, 0) is 19.6 Å². The maximum atomic E-state index is 11.8. The van der Waals surface area contributed by atoms with E-state index in [1.165, 1.54) is 22.8 Å². The highest BCUT2D eigenvalue weighted by atomic mass is 32.2. The van der Waals surface area contributed by atoms with Gasteiger partial charge in [-0.25, -0.2) is 8.42 Å². The summed E-state index contributed by atoms with van der Waals surface area (Å²) in [6, 6.07) is 0.580. The molecule has 0 aliphatic carbocycles. The lowest BCUT2D eigenvalue weighted by molar-refractivity contribution is -0.134. The highest BCUT2D eigenvalue weighted by Gasteiger charge is 2.30. The summed E-state index contributed by atoms with van der Waals surface area (Å²) in [6.45, 7) is 0. The van der Waals surface area contributed by atoms with Crippen molar-refractivity contribution in [1.82, 2.24) is 10.0 Å². The van der Waals surface area contributed by atoms with Gasteiger partial charge in [-0.1, -0.05) is 0 Å². The number of nitrogens with one attached hydrogen (secondary N) is 2. The Labute approximate surface area is 102 Å². The van der Waals surface area contributed by atoms with Gasteiger partial charge in [0.2, 0.25) is 21.8 Å². The van der Waals surface area contributed by atoms with Crippen molar-refractivity contribution >= 4 is 33.2 Å². The SMILES string of the molecule is O=C1CCC(NS(=O)(=O)c2ccsc2)C(=O)N1. The first-order valence-corrected chi connectivity index (χ1v) is 7.30. The number of piperidine rings is 1. The van der Waals surface area contributed by atoms with Gasteiger partial charge in [0, 0.05) is 11.8 Å². The number of carbonyl (C=O) groups is 2. The van der Waals surface area contributed by atoms with Gasteiger partial charge in [-0.05, 0) is 17.9 Å². The van der Waals surface area contributed by atoms with Crippen LogP contribution in [0.15, 0.2) is 21.7 Å². The highest BCUT2D eigenvalue weighted by molar-refractivity contribution is 7.89. The predicted octanol–water partition coefficient (Wildman–Crippen LogP) is -0.168. The predicted molar refractivity (Wildman–Crippen MR) is 60.8 cm³/mol. The first kappa shape index (κ1) is 12.2. The van der Waals surface area contributed by atoms with Gasteiger partial charge in [0.1, 0.15) is 6.04 Å². The summed E-state index contributed by atoms with van der Waals surface area (Å²) in [5, 5.41) is 5.21. The Morgan fingerprint density at radius 3 is 2.76 bits per heavy atom. The lowest BCUT2D eigenvalue weighted by atomic mass is 10.1. The van der Waals surface area contributed by atoms with Crippen LogP contribution in [0.3, 0.4) is 0 Å². The Bertz CT molecular complexity index is 535. The zero-order valence-corrected chi connectivity index (χ0v) is 10.3. The zero-order valence-electron chi connectivity index (χ0n) is 8.67. The number of rotatable bonds is 3. The average Bonchev–Trinajstić information content (AvgIpc) is 2.76. The molecule has 1 aliphatic heterocycles. The molecule has 0 radical (unpaired) electrons. The molecule has 1 aromatic rings. The van der Waals surface area contributed by atoms with Crippen LogP contribution in [-0.4, -0.2) is 26.3 Å². The second-order valence-corrected chi connectivity index (χ2v) is 6.08. The number of imide groups is 1. The standard InChI is InChI=1S/C9H10N2O4S2/c12-8-2-1-7(9(13)10-8)11-17(14,15)6-3-4-16-5-6/h3-5,7,11H,1-2H2,(H,10,12,13). The number of amides is 2. The summed E-state index contributed by atoms with van der Waals surface area (Å²) in [4.78, 5) is 22.4. The van der Waals surface area contributed by atoms with E-state index in [9.17, 15) is 18.0 Å². The fraction of sp³-hybridized carbons (Fsp3) is 0.333. The van der Waals surface area contributed by atoms with Gasteiger partial charge in [0.15, 0.2) is 0 Å². The van der Waals surface area contributed by atoms with Crippen molar-refractivity contribution in [2.75, 3.05) is 0 Å². The Hall–Kier alpha value is -1.25. The molecule has 2 rings (SSSR count). The first-order valence-electron chi connectivity index (χ1n) is 4.87. The summed E-state index contributed by atoms with van der Waals surface area (Å²) in [7, 11) is -3.68. The molecule has 6 nitrogen and oxygen atoms in total. The van der Waals surface area contributed by atoms with Crippen LogP contribution in [0.5, 0.6) is 0 Å². The van der Waals surface area contributed by atoms with Gasteiger partial charge >= 0.3 is 0 Å². The van der Waals surface area contributed by atoms with Gasteiger partial charge in [0.05, 0.1) is 4.90 Å². The molecule has 92 valence electrons. The van der Waals surface area contributed by atoms with Crippen LogP contribution in [0.1, 0.15) is 12.8 Å². The van der Waals surface area contributed by atoms with E-state index in [-0.39, 0.29) is 23.6 Å². The number of hydrogen-bond donors (Lipinski definition) is 2. The maximum absolute atomic E-state index is 11.8. The molecule has 1 saturated heterocycles. The molecule has 0 saturated carbocycles. The normalized spacial score (nSPS) is 21.3. The average molecular weight is 274 g/mol.